The predicted molar refractivity (Wildman–Crippen MR) is 83.4 cm³/mol. The molecule has 0 aromatic rings. The van der Waals surface area contributed by atoms with Gasteiger partial charge in [0, 0.05) is 12.6 Å². The first-order chi connectivity index (χ1) is 9.19. The minimum atomic E-state index is 0.813. The SMILES string of the molecule is CCNC1CCC(CN2CCC(C(C)C)CC2)CC1. The predicted octanol–water partition coefficient (Wildman–Crippen LogP) is 3.52. The first-order valence-corrected chi connectivity index (χ1v) is 8.64. The van der Waals surface area contributed by atoms with Crippen molar-refractivity contribution in [3.63, 3.8) is 0 Å². The molecule has 1 saturated carbocycles. The van der Waals surface area contributed by atoms with Crippen LogP contribution in [0.2, 0.25) is 0 Å². The average Bonchev–Trinajstić information content (AvgIpc) is 2.42. The topological polar surface area (TPSA) is 15.3 Å². The summed E-state index contributed by atoms with van der Waals surface area (Å²) in [6, 6.07) is 0.813. The second kappa shape index (κ2) is 7.64. The van der Waals surface area contributed by atoms with Gasteiger partial charge in [-0.15, -0.1) is 0 Å². The van der Waals surface area contributed by atoms with Crippen LogP contribution < -0.4 is 5.32 Å². The highest BCUT2D eigenvalue weighted by atomic mass is 15.1. The van der Waals surface area contributed by atoms with Gasteiger partial charge < -0.3 is 10.2 Å². The Morgan fingerprint density at radius 3 is 2.16 bits per heavy atom. The summed E-state index contributed by atoms with van der Waals surface area (Å²) in [6.45, 7) is 12.2. The Bertz CT molecular complexity index is 236. The molecule has 2 rings (SSSR count). The third-order valence-electron chi connectivity index (χ3n) is 5.43. The molecule has 1 aliphatic heterocycles. The van der Waals surface area contributed by atoms with E-state index < -0.39 is 0 Å². The highest BCUT2D eigenvalue weighted by molar-refractivity contribution is 4.81. The van der Waals surface area contributed by atoms with Gasteiger partial charge >= 0.3 is 0 Å². The summed E-state index contributed by atoms with van der Waals surface area (Å²) in [5.74, 6) is 2.85. The molecule has 1 saturated heterocycles. The van der Waals surface area contributed by atoms with Crippen LogP contribution in [0.3, 0.4) is 0 Å². The van der Waals surface area contributed by atoms with E-state index in [9.17, 15) is 0 Å². The molecule has 2 nitrogen and oxygen atoms in total. The Balaban J connectivity index is 1.64. The quantitative estimate of drug-likeness (QED) is 0.819. The highest BCUT2D eigenvalue weighted by Gasteiger charge is 2.25. The van der Waals surface area contributed by atoms with Crippen LogP contribution in [0.15, 0.2) is 0 Å². The van der Waals surface area contributed by atoms with Crippen LogP contribution in [0.4, 0.5) is 0 Å². The van der Waals surface area contributed by atoms with Crippen molar-refractivity contribution in [3.05, 3.63) is 0 Å². The van der Waals surface area contributed by atoms with Crippen LogP contribution in [0.25, 0.3) is 0 Å². The van der Waals surface area contributed by atoms with Gasteiger partial charge in [-0.3, -0.25) is 0 Å². The van der Waals surface area contributed by atoms with Crippen molar-refractivity contribution in [2.24, 2.45) is 17.8 Å². The third kappa shape index (κ3) is 4.75. The molecule has 0 aromatic heterocycles. The fraction of sp³-hybridized carbons (Fsp3) is 1.00. The van der Waals surface area contributed by atoms with Crippen molar-refractivity contribution < 1.29 is 0 Å². The zero-order valence-electron chi connectivity index (χ0n) is 13.3. The second-order valence-corrected chi connectivity index (χ2v) is 7.16. The summed E-state index contributed by atoms with van der Waals surface area (Å²) in [4.78, 5) is 2.75. The maximum absolute atomic E-state index is 3.61. The summed E-state index contributed by atoms with van der Waals surface area (Å²) >= 11 is 0. The summed E-state index contributed by atoms with van der Waals surface area (Å²) < 4.78 is 0. The maximum atomic E-state index is 3.61. The molecule has 0 amide bonds. The maximum Gasteiger partial charge on any atom is 0.00671 e. The minimum absolute atomic E-state index is 0.813. The lowest BCUT2D eigenvalue weighted by Crippen LogP contribution is -2.40. The number of piperidine rings is 1. The number of hydrogen-bond acceptors (Lipinski definition) is 2. The Kier molecular flexibility index (Phi) is 6.15. The molecule has 2 fully saturated rings. The molecule has 0 unspecified atom stereocenters. The van der Waals surface area contributed by atoms with Crippen LogP contribution in [-0.2, 0) is 0 Å². The van der Waals surface area contributed by atoms with Gasteiger partial charge in [0.05, 0.1) is 0 Å². The molecule has 0 aromatic carbocycles. The van der Waals surface area contributed by atoms with E-state index in [-0.39, 0.29) is 0 Å². The standard InChI is InChI=1S/C17H34N2/c1-4-18-17-7-5-15(6-8-17)13-19-11-9-16(10-12-19)14(2)3/h14-18H,4-13H2,1-3H3. The van der Waals surface area contributed by atoms with Gasteiger partial charge in [-0.1, -0.05) is 20.8 Å². The lowest BCUT2D eigenvalue weighted by Gasteiger charge is -2.37. The zero-order chi connectivity index (χ0) is 13.7. The van der Waals surface area contributed by atoms with Gasteiger partial charge in [-0.25, -0.2) is 0 Å². The molecule has 0 spiro atoms. The Labute approximate surface area is 120 Å². The number of rotatable bonds is 5. The molecule has 1 aliphatic carbocycles. The van der Waals surface area contributed by atoms with Crippen LogP contribution in [-0.4, -0.2) is 37.1 Å². The van der Waals surface area contributed by atoms with Gasteiger partial charge in [0.1, 0.15) is 0 Å². The molecule has 19 heavy (non-hydrogen) atoms. The zero-order valence-corrected chi connectivity index (χ0v) is 13.3. The molecule has 0 atom stereocenters. The summed E-state index contributed by atoms with van der Waals surface area (Å²) in [5.41, 5.74) is 0. The highest BCUT2D eigenvalue weighted by Crippen LogP contribution is 2.28. The largest absolute Gasteiger partial charge is 0.314 e. The average molecular weight is 266 g/mol. The lowest BCUT2D eigenvalue weighted by molar-refractivity contribution is 0.124. The summed E-state index contributed by atoms with van der Waals surface area (Å²) in [5, 5.41) is 3.61. The molecular formula is C17H34N2. The van der Waals surface area contributed by atoms with E-state index in [4.69, 9.17) is 0 Å². The molecule has 112 valence electrons. The Morgan fingerprint density at radius 2 is 1.63 bits per heavy atom. The Hall–Kier alpha value is -0.0800. The minimum Gasteiger partial charge on any atom is -0.314 e. The van der Waals surface area contributed by atoms with Gasteiger partial charge in [-0.2, -0.15) is 0 Å². The van der Waals surface area contributed by atoms with Gasteiger partial charge in [0.2, 0.25) is 0 Å². The summed E-state index contributed by atoms with van der Waals surface area (Å²) in [6.07, 6.45) is 8.57. The van der Waals surface area contributed by atoms with E-state index in [0.717, 1.165) is 30.3 Å². The smallest absolute Gasteiger partial charge is 0.00671 e. The van der Waals surface area contributed by atoms with Crippen molar-refractivity contribution in [2.75, 3.05) is 26.2 Å². The molecular weight excluding hydrogens is 232 g/mol. The molecule has 0 bridgehead atoms. The molecule has 1 heterocycles. The van der Waals surface area contributed by atoms with Crippen LogP contribution >= 0.6 is 0 Å². The number of hydrogen-bond donors (Lipinski definition) is 1. The van der Waals surface area contributed by atoms with Crippen molar-refractivity contribution in [2.45, 2.75) is 65.3 Å². The van der Waals surface area contributed by atoms with E-state index in [2.05, 4.69) is 31.0 Å². The number of nitrogens with zero attached hydrogens (tertiary/aromatic N) is 1. The third-order valence-corrected chi connectivity index (χ3v) is 5.43. The van der Waals surface area contributed by atoms with Gasteiger partial charge in [0.15, 0.2) is 0 Å². The van der Waals surface area contributed by atoms with Crippen LogP contribution in [0.1, 0.15) is 59.3 Å². The first-order valence-electron chi connectivity index (χ1n) is 8.64. The van der Waals surface area contributed by atoms with E-state index in [1.807, 2.05) is 0 Å². The number of nitrogens with one attached hydrogen (secondary N) is 1. The van der Waals surface area contributed by atoms with Crippen molar-refractivity contribution in [1.82, 2.24) is 10.2 Å². The second-order valence-electron chi connectivity index (χ2n) is 7.16. The molecule has 0 radical (unpaired) electrons. The van der Waals surface area contributed by atoms with Crippen molar-refractivity contribution in [3.8, 4) is 0 Å². The monoisotopic (exact) mass is 266 g/mol. The van der Waals surface area contributed by atoms with Crippen LogP contribution in [0.5, 0.6) is 0 Å². The molecule has 2 aliphatic rings. The van der Waals surface area contributed by atoms with Gasteiger partial charge in [-0.05, 0) is 75.9 Å². The molecule has 2 heteroatoms. The van der Waals surface area contributed by atoms with E-state index in [1.54, 1.807) is 0 Å². The van der Waals surface area contributed by atoms with Crippen LogP contribution in [0, 0.1) is 17.8 Å². The molecule has 1 N–H and O–H groups in total. The normalized spacial score (nSPS) is 30.9. The lowest BCUT2D eigenvalue weighted by atomic mass is 9.83. The van der Waals surface area contributed by atoms with Crippen molar-refractivity contribution >= 4 is 0 Å². The van der Waals surface area contributed by atoms with E-state index >= 15 is 0 Å². The van der Waals surface area contributed by atoms with E-state index in [1.165, 1.54) is 58.2 Å². The first kappa shape index (κ1) is 15.3. The van der Waals surface area contributed by atoms with Gasteiger partial charge in [0.25, 0.3) is 0 Å². The van der Waals surface area contributed by atoms with Crippen molar-refractivity contribution in [1.29, 1.82) is 0 Å². The number of likely N-dealkylation sites (tertiary alicyclic amines) is 1. The summed E-state index contributed by atoms with van der Waals surface area (Å²) in [7, 11) is 0. The fourth-order valence-electron chi connectivity index (χ4n) is 4.01. The Morgan fingerprint density at radius 1 is 1.00 bits per heavy atom. The fourth-order valence-corrected chi connectivity index (χ4v) is 4.01. The van der Waals surface area contributed by atoms with E-state index in [0.29, 0.717) is 0 Å².